The van der Waals surface area contributed by atoms with Crippen LogP contribution in [0.1, 0.15) is 37.9 Å². The average Bonchev–Trinajstić information content (AvgIpc) is 2.98. The van der Waals surface area contributed by atoms with Crippen LogP contribution >= 0.6 is 23.1 Å². The van der Waals surface area contributed by atoms with E-state index in [0.29, 0.717) is 25.1 Å². The first-order chi connectivity index (χ1) is 9.31. The summed E-state index contributed by atoms with van der Waals surface area (Å²) >= 11 is 3.29. The van der Waals surface area contributed by atoms with Crippen molar-refractivity contribution in [2.45, 2.75) is 44.6 Å². The molecule has 112 valence electrons. The summed E-state index contributed by atoms with van der Waals surface area (Å²) in [5.74, 6) is 1.11. The highest BCUT2D eigenvalue weighted by Crippen LogP contribution is 2.28. The number of carbonyl (C=O) groups is 1. The zero-order valence-electron chi connectivity index (χ0n) is 12.2. The lowest BCUT2D eigenvalue weighted by Gasteiger charge is -2.19. The van der Waals surface area contributed by atoms with Gasteiger partial charge in [0.05, 0.1) is 10.7 Å². The molecule has 2 heterocycles. The average molecular weight is 314 g/mol. The summed E-state index contributed by atoms with van der Waals surface area (Å²) in [5.41, 5.74) is -0.0841. The predicted molar refractivity (Wildman–Crippen MR) is 84.4 cm³/mol. The van der Waals surface area contributed by atoms with E-state index in [4.69, 9.17) is 0 Å². The normalized spacial score (nSPS) is 23.0. The molecule has 1 aromatic rings. The molecule has 1 aromatic heterocycles. The Morgan fingerprint density at radius 3 is 2.85 bits per heavy atom. The number of thioether (sulfide) groups is 1. The van der Waals surface area contributed by atoms with Crippen LogP contribution in [-0.4, -0.2) is 39.6 Å². The highest BCUT2D eigenvalue weighted by Gasteiger charge is 2.39. The van der Waals surface area contributed by atoms with Gasteiger partial charge >= 0.3 is 0 Å². The Kier molecular flexibility index (Phi) is 4.76. The van der Waals surface area contributed by atoms with E-state index in [9.17, 15) is 9.90 Å². The molecule has 1 fully saturated rings. The van der Waals surface area contributed by atoms with Gasteiger partial charge in [-0.15, -0.1) is 11.3 Å². The van der Waals surface area contributed by atoms with E-state index >= 15 is 0 Å². The van der Waals surface area contributed by atoms with Crippen LogP contribution in [-0.2, 0) is 16.6 Å². The molecule has 4 nitrogen and oxygen atoms in total. The minimum absolute atomic E-state index is 0.0718. The molecule has 1 amide bonds. The first-order valence-electron chi connectivity index (χ1n) is 6.85. The van der Waals surface area contributed by atoms with Crippen molar-refractivity contribution in [3.8, 4) is 0 Å². The summed E-state index contributed by atoms with van der Waals surface area (Å²) in [4.78, 5) is 16.5. The van der Waals surface area contributed by atoms with E-state index in [2.05, 4.69) is 31.1 Å². The van der Waals surface area contributed by atoms with E-state index in [0.717, 1.165) is 16.5 Å². The van der Waals surface area contributed by atoms with E-state index < -0.39 is 5.60 Å². The number of aromatic nitrogens is 1. The van der Waals surface area contributed by atoms with Crippen molar-refractivity contribution >= 4 is 29.0 Å². The molecule has 20 heavy (non-hydrogen) atoms. The molecule has 1 aliphatic heterocycles. The maximum Gasteiger partial charge on any atom is 0.252 e. The molecule has 1 atom stereocenters. The maximum absolute atomic E-state index is 11.9. The summed E-state index contributed by atoms with van der Waals surface area (Å²) in [7, 11) is 0. The molecule has 2 N–H and O–H groups in total. The van der Waals surface area contributed by atoms with Crippen molar-refractivity contribution in [2.24, 2.45) is 0 Å². The topological polar surface area (TPSA) is 62.2 Å². The monoisotopic (exact) mass is 314 g/mol. The van der Waals surface area contributed by atoms with Crippen molar-refractivity contribution in [3.63, 3.8) is 0 Å². The second kappa shape index (κ2) is 6.03. The Balaban J connectivity index is 1.81. The van der Waals surface area contributed by atoms with Gasteiger partial charge in [-0.3, -0.25) is 4.79 Å². The zero-order chi connectivity index (χ0) is 14.8. The molecule has 0 saturated carbocycles. The molecule has 2 rings (SSSR count). The number of rotatable bonds is 4. The zero-order valence-corrected chi connectivity index (χ0v) is 13.9. The van der Waals surface area contributed by atoms with Gasteiger partial charge < -0.3 is 10.4 Å². The van der Waals surface area contributed by atoms with E-state index in [1.807, 2.05) is 5.38 Å². The predicted octanol–water partition coefficient (Wildman–Crippen LogP) is 1.97. The standard InChI is InChI=1S/C14H22N2O2S2/c1-13(2,3)12-16-10(8-20-12)4-6-15-11(17)14(18)5-7-19-9-14/h8,18H,4-7,9H2,1-3H3,(H,15,17). The quantitative estimate of drug-likeness (QED) is 0.892. The van der Waals surface area contributed by atoms with Crippen LogP contribution in [0.2, 0.25) is 0 Å². The molecule has 0 aromatic carbocycles. The summed E-state index contributed by atoms with van der Waals surface area (Å²) in [6.07, 6.45) is 1.26. The van der Waals surface area contributed by atoms with Crippen molar-refractivity contribution in [2.75, 3.05) is 18.1 Å². The minimum atomic E-state index is -1.16. The van der Waals surface area contributed by atoms with Gasteiger partial charge in [-0.25, -0.2) is 4.98 Å². The minimum Gasteiger partial charge on any atom is -0.379 e. The number of aliphatic hydroxyl groups is 1. The van der Waals surface area contributed by atoms with Gasteiger partial charge in [0.25, 0.3) is 5.91 Å². The molecule has 0 aliphatic carbocycles. The van der Waals surface area contributed by atoms with Gasteiger partial charge in [-0.1, -0.05) is 20.8 Å². The van der Waals surface area contributed by atoms with Crippen LogP contribution in [0, 0.1) is 0 Å². The van der Waals surface area contributed by atoms with Gasteiger partial charge in [-0.2, -0.15) is 11.8 Å². The van der Waals surface area contributed by atoms with E-state index in [1.165, 1.54) is 0 Å². The molecule has 0 bridgehead atoms. The molecular weight excluding hydrogens is 292 g/mol. The lowest BCUT2D eigenvalue weighted by atomic mass is 9.98. The second-order valence-corrected chi connectivity index (χ2v) is 8.20. The summed E-state index contributed by atoms with van der Waals surface area (Å²) in [6.45, 7) is 6.96. The number of hydrogen-bond donors (Lipinski definition) is 2. The third-order valence-corrected chi connectivity index (χ3v) is 5.77. The van der Waals surface area contributed by atoms with Gasteiger partial charge in [0.15, 0.2) is 5.60 Å². The lowest BCUT2D eigenvalue weighted by molar-refractivity contribution is -0.137. The van der Waals surface area contributed by atoms with Gasteiger partial charge in [0, 0.05) is 29.5 Å². The molecule has 1 aliphatic rings. The number of carbonyl (C=O) groups excluding carboxylic acids is 1. The molecular formula is C14H22N2O2S2. The Bertz CT molecular complexity index is 474. The highest BCUT2D eigenvalue weighted by atomic mass is 32.2. The molecule has 0 spiro atoms. The maximum atomic E-state index is 11.9. The Labute approximate surface area is 128 Å². The third-order valence-electron chi connectivity index (χ3n) is 3.28. The van der Waals surface area contributed by atoms with Gasteiger partial charge in [0.2, 0.25) is 0 Å². The Morgan fingerprint density at radius 1 is 1.55 bits per heavy atom. The largest absolute Gasteiger partial charge is 0.379 e. The van der Waals surface area contributed by atoms with Crippen molar-refractivity contribution in [3.05, 3.63) is 16.1 Å². The molecule has 6 heteroatoms. The Hall–Kier alpha value is -0.590. The smallest absolute Gasteiger partial charge is 0.252 e. The summed E-state index contributed by atoms with van der Waals surface area (Å²) in [6, 6.07) is 0. The number of nitrogens with one attached hydrogen (secondary N) is 1. The first kappa shape index (κ1) is 15.8. The van der Waals surface area contributed by atoms with Gasteiger partial charge in [-0.05, 0) is 12.2 Å². The second-order valence-electron chi connectivity index (χ2n) is 6.23. The van der Waals surface area contributed by atoms with Crippen molar-refractivity contribution < 1.29 is 9.90 Å². The van der Waals surface area contributed by atoms with Crippen molar-refractivity contribution in [1.82, 2.24) is 10.3 Å². The lowest BCUT2D eigenvalue weighted by Crippen LogP contribution is -2.47. The number of nitrogens with zero attached hydrogens (tertiary/aromatic N) is 1. The van der Waals surface area contributed by atoms with Crippen LogP contribution < -0.4 is 5.32 Å². The number of amides is 1. The van der Waals surface area contributed by atoms with Crippen LogP contribution in [0.25, 0.3) is 0 Å². The fourth-order valence-electron chi connectivity index (χ4n) is 1.97. The third kappa shape index (κ3) is 3.74. The van der Waals surface area contributed by atoms with Crippen LogP contribution in [0.4, 0.5) is 0 Å². The number of hydrogen-bond acceptors (Lipinski definition) is 5. The van der Waals surface area contributed by atoms with Crippen LogP contribution in [0.5, 0.6) is 0 Å². The summed E-state index contributed by atoms with van der Waals surface area (Å²) < 4.78 is 0. The van der Waals surface area contributed by atoms with Crippen LogP contribution in [0.15, 0.2) is 5.38 Å². The van der Waals surface area contributed by atoms with E-state index in [-0.39, 0.29) is 11.3 Å². The van der Waals surface area contributed by atoms with E-state index in [1.54, 1.807) is 23.1 Å². The fourth-order valence-corrected chi connectivity index (χ4v) is 4.15. The van der Waals surface area contributed by atoms with Crippen molar-refractivity contribution in [1.29, 1.82) is 0 Å². The SMILES string of the molecule is CC(C)(C)c1nc(CCNC(=O)C2(O)CCSC2)cs1. The Morgan fingerprint density at radius 2 is 2.30 bits per heavy atom. The summed E-state index contributed by atoms with van der Waals surface area (Å²) in [5, 5.41) is 16.1. The molecule has 1 saturated heterocycles. The number of thiazole rings is 1. The fraction of sp³-hybridized carbons (Fsp3) is 0.714. The highest BCUT2D eigenvalue weighted by molar-refractivity contribution is 7.99. The molecule has 0 radical (unpaired) electrons. The van der Waals surface area contributed by atoms with Crippen LogP contribution in [0.3, 0.4) is 0 Å². The first-order valence-corrected chi connectivity index (χ1v) is 8.88. The molecule has 1 unspecified atom stereocenters. The van der Waals surface area contributed by atoms with Gasteiger partial charge in [0.1, 0.15) is 0 Å².